The molecule has 5 heterocycles. The highest BCUT2D eigenvalue weighted by atomic mass is 19.1. The van der Waals surface area contributed by atoms with Crippen molar-refractivity contribution < 1.29 is 91.7 Å². The van der Waals surface area contributed by atoms with Crippen LogP contribution in [0.15, 0.2) is 95.8 Å². The van der Waals surface area contributed by atoms with E-state index in [2.05, 4.69) is 37.2 Å². The van der Waals surface area contributed by atoms with Gasteiger partial charge in [-0.05, 0) is 76.8 Å². The Kier molecular flexibility index (Phi) is 21.7. The number of hydrogen-bond donors (Lipinski definition) is 12. The number of nitrogens with two attached hydrogens (primary N) is 1. The Bertz CT molecular complexity index is 4320. The number of fused-ring (bicyclic) bond motifs is 8. The lowest BCUT2D eigenvalue weighted by molar-refractivity contribution is -0.172. The third-order valence-corrected chi connectivity index (χ3v) is 18.9. The van der Waals surface area contributed by atoms with E-state index >= 15 is 4.39 Å². The molecule has 532 valence electrons. The monoisotopic (exact) mass is 1390 g/mol. The van der Waals surface area contributed by atoms with Crippen LogP contribution >= 0.6 is 0 Å². The van der Waals surface area contributed by atoms with Gasteiger partial charge in [-0.1, -0.05) is 85.8 Å². The third kappa shape index (κ3) is 15.0. The molecule has 9 atom stereocenters. The summed E-state index contributed by atoms with van der Waals surface area (Å²) in [6.07, 6.45) is -10.3. The van der Waals surface area contributed by atoms with Crippen LogP contribution in [0, 0.1) is 12.7 Å². The maximum absolute atomic E-state index is 15.5. The number of aliphatic hydroxyl groups excluding tert-OH is 3. The molecule has 30 nitrogen and oxygen atoms in total. The average Bonchev–Trinajstić information content (AvgIpc) is 1.62. The van der Waals surface area contributed by atoms with Crippen molar-refractivity contribution in [3.63, 3.8) is 0 Å². The topological polar surface area (TPSA) is 437 Å². The molecule has 0 radical (unpaired) electrons. The molecule has 6 aromatic rings. The number of pyridine rings is 2. The van der Waals surface area contributed by atoms with Crippen molar-refractivity contribution >= 4 is 70.2 Å². The number of benzene rings is 4. The SMILES string of the molecule is CC[C@@]1(O)C(=O)OCc2c1cc1n(c2=O)Cc2c-1nc1cc(F)c(C)c3c1c2[C@@H](NC(=O)[C@@H](CO)OCNC(=O)CNC(=O)[C@H](Cc1ccccc1)NC(=O)CNC(=O)CNC(=O)[C@H](CCC(=O)NC[C@H]1O[C@@H](CC(N)=O)[C@H](O)[C@@H]1O)OC(=O)N(C)C1c2ccccc2-c2ccccc21)CC3. The lowest BCUT2D eigenvalue weighted by Crippen LogP contribution is -2.52. The first-order chi connectivity index (χ1) is 48.4. The predicted molar refractivity (Wildman–Crippen MR) is 353 cm³/mol. The Morgan fingerprint density at radius 1 is 0.792 bits per heavy atom. The van der Waals surface area contributed by atoms with Gasteiger partial charge in [0.2, 0.25) is 35.4 Å². The number of primary amides is 1. The quantitative estimate of drug-likeness (QED) is 0.0231. The number of rotatable bonds is 27. The predicted octanol–water partition coefficient (Wildman–Crippen LogP) is -0.374. The molecule has 0 spiro atoms. The molecule has 13 N–H and O–H groups in total. The highest BCUT2D eigenvalue weighted by Gasteiger charge is 2.47. The van der Waals surface area contributed by atoms with E-state index in [1.807, 2.05) is 48.5 Å². The largest absolute Gasteiger partial charge is 0.458 e. The van der Waals surface area contributed by atoms with Crippen LogP contribution in [0.25, 0.3) is 33.4 Å². The molecule has 9 amide bonds. The number of aromatic nitrogens is 2. The Hall–Kier alpha value is -10.6. The van der Waals surface area contributed by atoms with E-state index in [1.54, 1.807) is 44.2 Å². The van der Waals surface area contributed by atoms with Crippen molar-refractivity contribution in [1.29, 1.82) is 0 Å². The van der Waals surface area contributed by atoms with Crippen LogP contribution in [0.4, 0.5) is 9.18 Å². The smallest absolute Gasteiger partial charge is 0.411 e. The number of aliphatic hydroxyl groups is 4. The molecule has 101 heavy (non-hydrogen) atoms. The molecular formula is C70H76FN11O19. The second-order valence-corrected chi connectivity index (χ2v) is 25.3. The summed E-state index contributed by atoms with van der Waals surface area (Å²) >= 11 is 0. The first kappa shape index (κ1) is 71.7. The average molecular weight is 1390 g/mol. The van der Waals surface area contributed by atoms with Crippen LogP contribution in [-0.4, -0.2) is 183 Å². The zero-order chi connectivity index (χ0) is 72.1. The van der Waals surface area contributed by atoms with Crippen molar-refractivity contribution in [2.24, 2.45) is 5.73 Å². The highest BCUT2D eigenvalue weighted by Crippen LogP contribution is 2.48. The van der Waals surface area contributed by atoms with Gasteiger partial charge in [-0.3, -0.25) is 43.2 Å². The van der Waals surface area contributed by atoms with E-state index in [4.69, 9.17) is 29.7 Å². The Morgan fingerprint density at radius 2 is 1.45 bits per heavy atom. The molecular weight excluding hydrogens is 1320 g/mol. The number of halogens is 1. The van der Waals surface area contributed by atoms with Gasteiger partial charge in [-0.25, -0.2) is 19.0 Å². The lowest BCUT2D eigenvalue weighted by Gasteiger charge is -2.31. The molecule has 11 rings (SSSR count). The number of cyclic esters (lactones) is 1. The van der Waals surface area contributed by atoms with Crippen LogP contribution < -0.4 is 48.5 Å². The second kappa shape index (κ2) is 30.5. The van der Waals surface area contributed by atoms with E-state index in [0.29, 0.717) is 39.6 Å². The minimum absolute atomic E-state index is 0.0301. The van der Waals surface area contributed by atoms with Gasteiger partial charge in [0.25, 0.3) is 17.4 Å². The van der Waals surface area contributed by atoms with Gasteiger partial charge in [0.05, 0.1) is 79.9 Å². The molecule has 2 aromatic heterocycles. The molecule has 4 aromatic carbocycles. The molecule has 0 saturated carbocycles. The fourth-order valence-electron chi connectivity index (χ4n) is 13.6. The number of carbonyl (C=O) groups excluding carboxylic acids is 10. The number of aryl methyl sites for hydroxylation is 1. The number of nitrogens with zero attached hydrogens (tertiary/aromatic N) is 3. The van der Waals surface area contributed by atoms with Crippen LogP contribution in [0.1, 0.15) is 101 Å². The standard InChI is InChI=1S/C70H76FN11O19/c1-4-70(97)43-23-48-60-41(30-82(48)67(94)42(43)32-98-68(70)95)59-45(19-18-36-34(2)44(71)24-46(79-60)58(36)59)80-66(93)52(31-83)99-33-77-56(87)28-75-64(91)47(22-35-12-6-5-7-13-35)78-57(88)29-74-55(86)27-76-65(92)49(20-21-54(85)73-26-51-63(90)62(89)50(100-51)25-53(72)84)101-69(96)81(3)61-39-16-10-8-14-37(39)38-15-9-11-17-40(38)61/h5-17,23-24,45,47,49-52,61-63,83,89-90,97H,4,18-22,25-33H2,1-3H3,(H2,72,84)(H,73,85)(H,74,86)(H,75,91)(H,76,92)(H,77,87)(H,78,88)(H,80,93)/t45-,47-,49-,50-,51+,52+,62-,63+,70-/m0/s1. The maximum Gasteiger partial charge on any atom is 0.411 e. The second-order valence-electron chi connectivity index (χ2n) is 25.3. The van der Waals surface area contributed by atoms with E-state index in [0.717, 1.165) is 22.3 Å². The van der Waals surface area contributed by atoms with Gasteiger partial charge in [0.15, 0.2) is 17.8 Å². The number of ether oxygens (including phenoxy) is 4. The van der Waals surface area contributed by atoms with Gasteiger partial charge >= 0.3 is 12.1 Å². The van der Waals surface area contributed by atoms with E-state index in [-0.39, 0.29) is 73.4 Å². The molecule has 0 unspecified atom stereocenters. The van der Waals surface area contributed by atoms with Crippen LogP contribution in [0.5, 0.6) is 0 Å². The molecule has 31 heteroatoms. The van der Waals surface area contributed by atoms with Crippen LogP contribution in [0.3, 0.4) is 0 Å². The molecule has 3 aliphatic heterocycles. The zero-order valence-corrected chi connectivity index (χ0v) is 55.2. The molecule has 2 aliphatic carbocycles. The van der Waals surface area contributed by atoms with Crippen molar-refractivity contribution in [2.75, 3.05) is 46.6 Å². The first-order valence-corrected chi connectivity index (χ1v) is 32.8. The summed E-state index contributed by atoms with van der Waals surface area (Å²) in [6.45, 7) is -1.15. The first-order valence-electron chi connectivity index (χ1n) is 32.8. The van der Waals surface area contributed by atoms with Gasteiger partial charge < -0.3 is 91.8 Å². The molecule has 1 fully saturated rings. The lowest BCUT2D eigenvalue weighted by atomic mass is 9.81. The van der Waals surface area contributed by atoms with Crippen molar-refractivity contribution in [1.82, 2.24) is 51.7 Å². The normalized spacial score (nSPS) is 19.9. The number of hydrogen-bond acceptors (Lipinski definition) is 20. The number of carbonyl (C=O) groups is 10. The molecule has 5 aliphatic rings. The van der Waals surface area contributed by atoms with Gasteiger partial charge in [-0.15, -0.1) is 0 Å². The summed E-state index contributed by atoms with van der Waals surface area (Å²) in [5.74, 6) is -8.10. The van der Waals surface area contributed by atoms with Gasteiger partial charge in [0, 0.05) is 55.4 Å². The van der Waals surface area contributed by atoms with Gasteiger partial charge in [0.1, 0.15) is 43.5 Å². The number of esters is 1. The van der Waals surface area contributed by atoms with Gasteiger partial charge in [-0.2, -0.15) is 0 Å². The number of amides is 9. The minimum Gasteiger partial charge on any atom is -0.458 e. The molecule has 0 bridgehead atoms. The van der Waals surface area contributed by atoms with E-state index < -0.39 is 177 Å². The van der Waals surface area contributed by atoms with Crippen LogP contribution in [0.2, 0.25) is 0 Å². The molecule has 1 saturated heterocycles. The Balaban J connectivity index is 0.678. The number of nitrogens with one attached hydrogen (secondary N) is 7. The summed E-state index contributed by atoms with van der Waals surface area (Å²) in [6, 6.07) is 23.4. The summed E-state index contributed by atoms with van der Waals surface area (Å²) in [7, 11) is 1.48. The van der Waals surface area contributed by atoms with Crippen molar-refractivity contribution in [3.8, 4) is 22.5 Å². The highest BCUT2D eigenvalue weighted by molar-refractivity contribution is 5.96. The van der Waals surface area contributed by atoms with Crippen LogP contribution in [-0.2, 0) is 93.7 Å². The van der Waals surface area contributed by atoms with Crippen molar-refractivity contribution in [3.05, 3.63) is 157 Å². The summed E-state index contributed by atoms with van der Waals surface area (Å²) in [5.41, 5.74) is 9.58. The maximum atomic E-state index is 15.5. The minimum atomic E-state index is -2.11. The van der Waals surface area contributed by atoms with E-state index in [9.17, 15) is 73.2 Å². The summed E-state index contributed by atoms with van der Waals surface area (Å²) < 4.78 is 39.1. The summed E-state index contributed by atoms with van der Waals surface area (Å²) in [5, 5.41) is 60.8. The fraction of sp³-hybridized carbons (Fsp3) is 0.400. The third-order valence-electron chi connectivity index (χ3n) is 18.9. The van der Waals surface area contributed by atoms with E-state index in [1.165, 1.54) is 28.6 Å². The Labute approximate surface area is 575 Å². The van der Waals surface area contributed by atoms with Crippen molar-refractivity contribution in [2.45, 2.75) is 132 Å². The summed E-state index contributed by atoms with van der Waals surface area (Å²) in [4.78, 5) is 153. The fourth-order valence-corrected chi connectivity index (χ4v) is 13.6. The Morgan fingerprint density at radius 3 is 2.13 bits per heavy atom. The zero-order valence-electron chi connectivity index (χ0n) is 55.2.